The highest BCUT2D eigenvalue weighted by molar-refractivity contribution is 5.33. The number of rotatable bonds is 3. The van der Waals surface area contributed by atoms with E-state index in [1.807, 2.05) is 24.3 Å². The molecule has 2 fully saturated rings. The van der Waals surface area contributed by atoms with Crippen LogP contribution in [-0.4, -0.2) is 17.3 Å². The van der Waals surface area contributed by atoms with Crippen LogP contribution >= 0.6 is 0 Å². The maximum Gasteiger partial charge on any atom is 0.120 e. The van der Waals surface area contributed by atoms with E-state index in [-0.39, 0.29) is 6.04 Å². The molecule has 1 aromatic carbocycles. The molecule has 0 amide bonds. The Morgan fingerprint density at radius 1 is 1.29 bits per heavy atom. The van der Waals surface area contributed by atoms with Crippen LogP contribution in [0, 0.1) is 0 Å². The zero-order valence-electron chi connectivity index (χ0n) is 9.93. The molecule has 3 rings (SSSR count). The van der Waals surface area contributed by atoms with Crippen LogP contribution in [0.5, 0.6) is 5.75 Å². The first-order chi connectivity index (χ1) is 8.16. The fourth-order valence-electron chi connectivity index (χ4n) is 2.56. The lowest BCUT2D eigenvalue weighted by atomic mass is 9.92. The van der Waals surface area contributed by atoms with Gasteiger partial charge in [-0.3, -0.25) is 0 Å². The topological polar surface area (TPSA) is 55.5 Å². The molecule has 92 valence electrons. The molecule has 2 aliphatic carbocycles. The molecule has 2 atom stereocenters. The van der Waals surface area contributed by atoms with E-state index in [2.05, 4.69) is 0 Å². The fourth-order valence-corrected chi connectivity index (χ4v) is 2.56. The van der Waals surface area contributed by atoms with Gasteiger partial charge >= 0.3 is 0 Å². The van der Waals surface area contributed by atoms with Crippen molar-refractivity contribution >= 4 is 0 Å². The smallest absolute Gasteiger partial charge is 0.120 e. The lowest BCUT2D eigenvalue weighted by Gasteiger charge is -2.23. The van der Waals surface area contributed by atoms with Crippen molar-refractivity contribution in [1.82, 2.24) is 0 Å². The van der Waals surface area contributed by atoms with Crippen molar-refractivity contribution in [1.29, 1.82) is 0 Å². The number of nitrogens with two attached hydrogens (primary N) is 1. The zero-order chi connectivity index (χ0) is 11.9. The van der Waals surface area contributed by atoms with Crippen LogP contribution in [-0.2, 0) is 5.60 Å². The average molecular weight is 233 g/mol. The van der Waals surface area contributed by atoms with Gasteiger partial charge in [-0.2, -0.15) is 0 Å². The highest BCUT2D eigenvalue weighted by Crippen LogP contribution is 2.39. The summed E-state index contributed by atoms with van der Waals surface area (Å²) in [5, 5.41) is 10.6. The van der Waals surface area contributed by atoms with Crippen molar-refractivity contribution in [3.05, 3.63) is 29.8 Å². The van der Waals surface area contributed by atoms with Crippen LogP contribution in [0.25, 0.3) is 0 Å². The van der Waals surface area contributed by atoms with Gasteiger partial charge in [0.15, 0.2) is 0 Å². The summed E-state index contributed by atoms with van der Waals surface area (Å²) in [5.41, 5.74) is 6.09. The second kappa shape index (κ2) is 4.00. The van der Waals surface area contributed by atoms with E-state index in [4.69, 9.17) is 10.5 Å². The number of hydrogen-bond donors (Lipinski definition) is 2. The van der Waals surface area contributed by atoms with E-state index in [9.17, 15) is 5.11 Å². The van der Waals surface area contributed by atoms with Gasteiger partial charge in [0.05, 0.1) is 11.7 Å². The van der Waals surface area contributed by atoms with Crippen molar-refractivity contribution in [3.63, 3.8) is 0 Å². The molecule has 17 heavy (non-hydrogen) atoms. The summed E-state index contributed by atoms with van der Waals surface area (Å²) < 4.78 is 5.75. The van der Waals surface area contributed by atoms with Crippen molar-refractivity contribution < 1.29 is 9.84 Å². The standard InChI is InChI=1S/C14H19NO2/c15-11-6-7-14(16,9-11)10-2-1-3-13(8-10)17-12-4-5-12/h1-3,8,11-12,16H,4-7,9,15H2. The highest BCUT2D eigenvalue weighted by atomic mass is 16.5. The van der Waals surface area contributed by atoms with Crippen LogP contribution in [0.1, 0.15) is 37.7 Å². The zero-order valence-corrected chi connectivity index (χ0v) is 9.93. The minimum absolute atomic E-state index is 0.119. The Bertz CT molecular complexity index is 416. The van der Waals surface area contributed by atoms with E-state index in [0.717, 1.165) is 37.0 Å². The summed E-state index contributed by atoms with van der Waals surface area (Å²) in [6.07, 6.45) is 5.00. The minimum Gasteiger partial charge on any atom is -0.490 e. The third-order valence-electron chi connectivity index (χ3n) is 3.73. The highest BCUT2D eigenvalue weighted by Gasteiger charge is 2.37. The normalized spacial score (nSPS) is 32.7. The number of hydrogen-bond acceptors (Lipinski definition) is 3. The largest absolute Gasteiger partial charge is 0.490 e. The summed E-state index contributed by atoms with van der Waals surface area (Å²) >= 11 is 0. The summed E-state index contributed by atoms with van der Waals surface area (Å²) in [6.45, 7) is 0. The first kappa shape index (κ1) is 11.1. The second-order valence-corrected chi connectivity index (χ2v) is 5.38. The second-order valence-electron chi connectivity index (χ2n) is 5.38. The molecule has 0 aliphatic heterocycles. The van der Waals surface area contributed by atoms with Crippen molar-refractivity contribution in [2.45, 2.75) is 49.9 Å². The van der Waals surface area contributed by atoms with Crippen LogP contribution in [0.15, 0.2) is 24.3 Å². The van der Waals surface area contributed by atoms with Gasteiger partial charge in [-0.25, -0.2) is 0 Å². The third-order valence-corrected chi connectivity index (χ3v) is 3.73. The summed E-state index contributed by atoms with van der Waals surface area (Å²) in [4.78, 5) is 0. The molecule has 3 N–H and O–H groups in total. The minimum atomic E-state index is -0.748. The molecule has 3 nitrogen and oxygen atoms in total. The Kier molecular flexibility index (Phi) is 2.60. The van der Waals surface area contributed by atoms with E-state index in [0.29, 0.717) is 12.5 Å². The SMILES string of the molecule is NC1CCC(O)(c2cccc(OC3CC3)c2)C1. The number of ether oxygens (including phenoxy) is 1. The van der Waals surface area contributed by atoms with Gasteiger partial charge in [0.2, 0.25) is 0 Å². The molecule has 0 saturated heterocycles. The first-order valence-electron chi connectivity index (χ1n) is 6.41. The molecule has 2 saturated carbocycles. The van der Waals surface area contributed by atoms with E-state index in [1.165, 1.54) is 0 Å². The van der Waals surface area contributed by atoms with Crippen molar-refractivity contribution in [2.75, 3.05) is 0 Å². The average Bonchev–Trinajstić information content (AvgIpc) is 3.04. The van der Waals surface area contributed by atoms with Crippen LogP contribution in [0.4, 0.5) is 0 Å². The quantitative estimate of drug-likeness (QED) is 0.838. The third kappa shape index (κ3) is 2.31. The molecular weight excluding hydrogens is 214 g/mol. The maximum atomic E-state index is 10.6. The molecule has 0 radical (unpaired) electrons. The van der Waals surface area contributed by atoms with Crippen molar-refractivity contribution in [3.8, 4) is 5.75 Å². The predicted molar refractivity (Wildman–Crippen MR) is 65.8 cm³/mol. The van der Waals surface area contributed by atoms with Crippen LogP contribution in [0.3, 0.4) is 0 Å². The fraction of sp³-hybridized carbons (Fsp3) is 0.571. The summed E-state index contributed by atoms with van der Waals surface area (Å²) in [5.74, 6) is 0.874. The van der Waals surface area contributed by atoms with E-state index in [1.54, 1.807) is 0 Å². The molecule has 1 aromatic rings. The Hall–Kier alpha value is -1.06. The number of aliphatic hydroxyl groups is 1. The molecule has 2 unspecified atom stereocenters. The molecule has 0 aromatic heterocycles. The number of benzene rings is 1. The molecular formula is C14H19NO2. The van der Waals surface area contributed by atoms with Gasteiger partial charge in [-0.15, -0.1) is 0 Å². The monoisotopic (exact) mass is 233 g/mol. The first-order valence-corrected chi connectivity index (χ1v) is 6.41. The molecule has 2 aliphatic rings. The van der Waals surface area contributed by atoms with Gasteiger partial charge < -0.3 is 15.6 Å². The van der Waals surface area contributed by atoms with Gasteiger partial charge in [0.1, 0.15) is 5.75 Å². The van der Waals surface area contributed by atoms with E-state index >= 15 is 0 Å². The van der Waals surface area contributed by atoms with Gasteiger partial charge in [-0.1, -0.05) is 12.1 Å². The Labute approximate surface area is 102 Å². The lowest BCUT2D eigenvalue weighted by Crippen LogP contribution is -2.25. The van der Waals surface area contributed by atoms with Gasteiger partial charge in [0, 0.05) is 6.04 Å². The lowest BCUT2D eigenvalue weighted by molar-refractivity contribution is 0.0428. The van der Waals surface area contributed by atoms with Gasteiger partial charge in [-0.05, 0) is 49.8 Å². The van der Waals surface area contributed by atoms with Crippen LogP contribution in [0.2, 0.25) is 0 Å². The molecule has 0 spiro atoms. The van der Waals surface area contributed by atoms with Gasteiger partial charge in [0.25, 0.3) is 0 Å². The van der Waals surface area contributed by atoms with Crippen LogP contribution < -0.4 is 10.5 Å². The van der Waals surface area contributed by atoms with Crippen molar-refractivity contribution in [2.24, 2.45) is 5.73 Å². The predicted octanol–water partition coefficient (Wildman–Crippen LogP) is 1.93. The Balaban J connectivity index is 1.81. The molecule has 3 heteroatoms. The molecule has 0 heterocycles. The summed E-state index contributed by atoms with van der Waals surface area (Å²) in [6, 6.07) is 7.97. The maximum absolute atomic E-state index is 10.6. The van der Waals surface area contributed by atoms with E-state index < -0.39 is 5.60 Å². The Morgan fingerprint density at radius 3 is 2.76 bits per heavy atom. The Morgan fingerprint density at radius 2 is 2.12 bits per heavy atom. The summed E-state index contributed by atoms with van der Waals surface area (Å²) in [7, 11) is 0. The molecule has 0 bridgehead atoms.